The van der Waals surface area contributed by atoms with Crippen LogP contribution in [0.1, 0.15) is 57.4 Å². The Morgan fingerprint density at radius 1 is 0.885 bits per heavy atom. The van der Waals surface area contributed by atoms with Crippen molar-refractivity contribution in [2.75, 3.05) is 13.1 Å². The Bertz CT molecular complexity index is 693. The Hall–Kier alpha value is -2.30. The molecule has 1 heterocycles. The Balaban J connectivity index is 1.57. The number of H-pyrrole nitrogens is 1. The van der Waals surface area contributed by atoms with Gasteiger partial charge in [-0.3, -0.25) is 9.59 Å². The van der Waals surface area contributed by atoms with Gasteiger partial charge < -0.3 is 15.6 Å². The summed E-state index contributed by atoms with van der Waals surface area (Å²) < 4.78 is 0. The number of aromatic amines is 1. The number of aromatic nitrogens is 1. The zero-order chi connectivity index (χ0) is 18.6. The molecule has 3 N–H and O–H groups in total. The number of benzene rings is 1. The highest BCUT2D eigenvalue weighted by Gasteiger charge is 2.12. The standard InChI is InChI=1S/C21H31N3O2/c1-2-3-4-5-6-7-10-14-22-20(25)21(26)23-15-13-17-16-24-19-12-9-8-11-18(17)19/h8-9,11-12,16,24H,2-7,10,13-15H2,1H3,(H,22,25)(H,23,26). The maximum absolute atomic E-state index is 11.8. The molecule has 0 aliphatic heterocycles. The summed E-state index contributed by atoms with van der Waals surface area (Å²) in [6, 6.07) is 8.06. The van der Waals surface area contributed by atoms with Gasteiger partial charge in [0.15, 0.2) is 0 Å². The highest BCUT2D eigenvalue weighted by atomic mass is 16.2. The summed E-state index contributed by atoms with van der Waals surface area (Å²) in [5.41, 5.74) is 2.23. The Morgan fingerprint density at radius 2 is 1.54 bits per heavy atom. The van der Waals surface area contributed by atoms with Gasteiger partial charge >= 0.3 is 11.8 Å². The van der Waals surface area contributed by atoms with Gasteiger partial charge in [0.2, 0.25) is 0 Å². The fourth-order valence-corrected chi connectivity index (χ4v) is 3.09. The van der Waals surface area contributed by atoms with Gasteiger partial charge in [-0.2, -0.15) is 0 Å². The molecule has 0 saturated heterocycles. The monoisotopic (exact) mass is 357 g/mol. The van der Waals surface area contributed by atoms with Crippen LogP contribution in [-0.4, -0.2) is 29.9 Å². The maximum atomic E-state index is 11.8. The summed E-state index contributed by atoms with van der Waals surface area (Å²) in [5, 5.41) is 6.55. The SMILES string of the molecule is CCCCCCCCCNC(=O)C(=O)NCCc1c[nH]c2ccccc12. The minimum Gasteiger partial charge on any atom is -0.361 e. The molecule has 0 radical (unpaired) electrons. The largest absolute Gasteiger partial charge is 0.361 e. The summed E-state index contributed by atoms with van der Waals surface area (Å²) >= 11 is 0. The first kappa shape index (κ1) is 20.0. The van der Waals surface area contributed by atoms with Crippen LogP contribution in [0.2, 0.25) is 0 Å². The summed E-state index contributed by atoms with van der Waals surface area (Å²) in [6.07, 6.45) is 11.0. The molecule has 142 valence electrons. The van der Waals surface area contributed by atoms with Gasteiger partial charge in [0.25, 0.3) is 0 Å². The molecule has 1 aromatic carbocycles. The van der Waals surface area contributed by atoms with Crippen molar-refractivity contribution in [3.8, 4) is 0 Å². The van der Waals surface area contributed by atoms with Gasteiger partial charge in [0.1, 0.15) is 0 Å². The topological polar surface area (TPSA) is 74.0 Å². The first-order valence-electron chi connectivity index (χ1n) is 9.83. The third-order valence-electron chi connectivity index (χ3n) is 4.63. The molecular formula is C21H31N3O2. The van der Waals surface area contributed by atoms with E-state index in [1.807, 2.05) is 24.4 Å². The molecule has 5 heteroatoms. The minimum absolute atomic E-state index is 0.450. The van der Waals surface area contributed by atoms with E-state index in [0.29, 0.717) is 19.5 Å². The summed E-state index contributed by atoms with van der Waals surface area (Å²) in [5.74, 6) is -1.08. The van der Waals surface area contributed by atoms with E-state index in [1.54, 1.807) is 0 Å². The van der Waals surface area contributed by atoms with Gasteiger partial charge in [-0.05, 0) is 24.5 Å². The minimum atomic E-state index is -0.548. The lowest BCUT2D eigenvalue weighted by Gasteiger charge is -2.06. The van der Waals surface area contributed by atoms with Crippen LogP contribution in [0.15, 0.2) is 30.5 Å². The molecule has 0 aliphatic carbocycles. The number of fused-ring (bicyclic) bond motifs is 1. The summed E-state index contributed by atoms with van der Waals surface area (Å²) in [4.78, 5) is 26.8. The number of nitrogens with one attached hydrogen (secondary N) is 3. The molecule has 0 fully saturated rings. The van der Waals surface area contributed by atoms with Crippen LogP contribution in [0.25, 0.3) is 10.9 Å². The Labute approximate surface area is 155 Å². The van der Waals surface area contributed by atoms with E-state index >= 15 is 0 Å². The average molecular weight is 357 g/mol. The van der Waals surface area contributed by atoms with Crippen LogP contribution in [0, 0.1) is 0 Å². The number of hydrogen-bond donors (Lipinski definition) is 3. The lowest BCUT2D eigenvalue weighted by molar-refractivity contribution is -0.139. The van der Waals surface area contributed by atoms with Crippen LogP contribution >= 0.6 is 0 Å². The number of unbranched alkanes of at least 4 members (excludes halogenated alkanes) is 6. The van der Waals surface area contributed by atoms with Crippen molar-refractivity contribution in [3.05, 3.63) is 36.0 Å². The molecule has 0 unspecified atom stereocenters. The lowest BCUT2D eigenvalue weighted by atomic mass is 10.1. The van der Waals surface area contributed by atoms with E-state index in [4.69, 9.17) is 0 Å². The van der Waals surface area contributed by atoms with Crippen molar-refractivity contribution < 1.29 is 9.59 Å². The highest BCUT2D eigenvalue weighted by Crippen LogP contribution is 2.17. The quantitative estimate of drug-likeness (QED) is 0.424. The van der Waals surface area contributed by atoms with Crippen LogP contribution in [-0.2, 0) is 16.0 Å². The van der Waals surface area contributed by atoms with Crippen LogP contribution in [0.4, 0.5) is 0 Å². The Kier molecular flexibility index (Phi) is 8.73. The molecule has 0 saturated carbocycles. The second kappa shape index (κ2) is 11.3. The number of amides is 2. The fraction of sp³-hybridized carbons (Fsp3) is 0.524. The van der Waals surface area contributed by atoms with Gasteiger partial charge in [0.05, 0.1) is 0 Å². The summed E-state index contributed by atoms with van der Waals surface area (Å²) in [7, 11) is 0. The van der Waals surface area contributed by atoms with E-state index in [9.17, 15) is 9.59 Å². The average Bonchev–Trinajstić information content (AvgIpc) is 3.07. The molecule has 0 spiro atoms. The Morgan fingerprint density at radius 3 is 2.31 bits per heavy atom. The molecule has 1 aromatic heterocycles. The van der Waals surface area contributed by atoms with Crippen molar-refractivity contribution in [2.24, 2.45) is 0 Å². The van der Waals surface area contributed by atoms with E-state index in [1.165, 1.54) is 32.1 Å². The van der Waals surface area contributed by atoms with Crippen molar-refractivity contribution >= 4 is 22.7 Å². The number of carbonyl (C=O) groups excluding carboxylic acids is 2. The van der Waals surface area contributed by atoms with E-state index in [2.05, 4.69) is 28.6 Å². The second-order valence-electron chi connectivity index (χ2n) is 6.74. The normalized spacial score (nSPS) is 10.8. The van der Waals surface area contributed by atoms with Gasteiger partial charge in [-0.15, -0.1) is 0 Å². The highest BCUT2D eigenvalue weighted by molar-refractivity contribution is 6.35. The van der Waals surface area contributed by atoms with Crippen LogP contribution in [0.5, 0.6) is 0 Å². The van der Waals surface area contributed by atoms with Crippen molar-refractivity contribution in [3.63, 3.8) is 0 Å². The number of para-hydroxylation sites is 1. The maximum Gasteiger partial charge on any atom is 0.309 e. The third-order valence-corrected chi connectivity index (χ3v) is 4.63. The van der Waals surface area contributed by atoms with E-state index in [-0.39, 0.29) is 0 Å². The van der Waals surface area contributed by atoms with Gasteiger partial charge in [-0.25, -0.2) is 0 Å². The smallest absolute Gasteiger partial charge is 0.309 e. The molecule has 0 aliphatic rings. The molecule has 2 rings (SSSR count). The fourth-order valence-electron chi connectivity index (χ4n) is 3.09. The molecule has 5 nitrogen and oxygen atoms in total. The predicted molar refractivity (Wildman–Crippen MR) is 106 cm³/mol. The van der Waals surface area contributed by atoms with Crippen LogP contribution < -0.4 is 10.6 Å². The molecule has 2 amide bonds. The van der Waals surface area contributed by atoms with Gasteiger partial charge in [0, 0.05) is 30.2 Å². The van der Waals surface area contributed by atoms with Crippen molar-refractivity contribution in [1.29, 1.82) is 0 Å². The summed E-state index contributed by atoms with van der Waals surface area (Å²) in [6.45, 7) is 3.23. The first-order chi connectivity index (χ1) is 12.7. The predicted octanol–water partition coefficient (Wildman–Crippen LogP) is 3.69. The number of rotatable bonds is 11. The van der Waals surface area contributed by atoms with E-state index in [0.717, 1.165) is 29.3 Å². The zero-order valence-corrected chi connectivity index (χ0v) is 15.8. The van der Waals surface area contributed by atoms with Gasteiger partial charge in [-0.1, -0.05) is 63.6 Å². The number of hydrogen-bond acceptors (Lipinski definition) is 2. The number of carbonyl (C=O) groups is 2. The zero-order valence-electron chi connectivity index (χ0n) is 15.8. The lowest BCUT2D eigenvalue weighted by Crippen LogP contribution is -2.40. The van der Waals surface area contributed by atoms with Crippen LogP contribution in [0.3, 0.4) is 0 Å². The molecule has 0 atom stereocenters. The molecule has 0 bridgehead atoms. The molecule has 2 aromatic rings. The van der Waals surface area contributed by atoms with Crippen molar-refractivity contribution in [1.82, 2.24) is 15.6 Å². The molecular weight excluding hydrogens is 326 g/mol. The second-order valence-corrected chi connectivity index (χ2v) is 6.74. The first-order valence-corrected chi connectivity index (χ1v) is 9.83. The van der Waals surface area contributed by atoms with Crippen molar-refractivity contribution in [2.45, 2.75) is 58.3 Å². The third kappa shape index (κ3) is 6.54. The molecule has 26 heavy (non-hydrogen) atoms. The van der Waals surface area contributed by atoms with E-state index < -0.39 is 11.8 Å².